The number of nitrogens with one attached hydrogen (secondary N) is 1. The molecule has 1 N–H and O–H groups in total. The molecule has 118 valence electrons. The molecule has 5 nitrogen and oxygen atoms in total. The van der Waals surface area contributed by atoms with E-state index < -0.39 is 0 Å². The van der Waals surface area contributed by atoms with Gasteiger partial charge >= 0.3 is 0 Å². The number of anilines is 1. The molecule has 23 heavy (non-hydrogen) atoms. The van der Waals surface area contributed by atoms with Gasteiger partial charge in [0.15, 0.2) is 4.34 Å². The van der Waals surface area contributed by atoms with Crippen LogP contribution in [0.25, 0.3) is 0 Å². The topological polar surface area (TPSA) is 67.8 Å². The number of aromatic nitrogens is 3. The van der Waals surface area contributed by atoms with Crippen LogP contribution in [0.5, 0.6) is 0 Å². The molecule has 0 atom stereocenters. The summed E-state index contributed by atoms with van der Waals surface area (Å²) in [5, 5.41) is 12.3. The summed E-state index contributed by atoms with van der Waals surface area (Å²) in [6.45, 7) is 3.72. The van der Waals surface area contributed by atoms with Crippen molar-refractivity contribution in [2.24, 2.45) is 0 Å². The fourth-order valence-electron chi connectivity index (χ4n) is 1.93. The van der Waals surface area contributed by atoms with Crippen molar-refractivity contribution in [2.45, 2.75) is 23.9 Å². The van der Waals surface area contributed by atoms with Gasteiger partial charge < -0.3 is 0 Å². The molecule has 0 saturated heterocycles. The zero-order valence-corrected chi connectivity index (χ0v) is 15.0. The normalized spacial score (nSPS) is 10.7. The number of aryl methyl sites for hydroxylation is 2. The van der Waals surface area contributed by atoms with Crippen molar-refractivity contribution in [3.63, 3.8) is 0 Å². The molecule has 1 amide bonds. The number of carbonyl (C=O) groups excluding carboxylic acids is 1. The van der Waals surface area contributed by atoms with Crippen LogP contribution in [-0.4, -0.2) is 21.1 Å². The molecular weight excluding hydrogens is 348 g/mol. The summed E-state index contributed by atoms with van der Waals surface area (Å²) in [5.74, 6) is 0.653. The molecule has 0 aliphatic heterocycles. The highest BCUT2D eigenvalue weighted by molar-refractivity contribution is 8.00. The molecule has 2 aromatic heterocycles. The van der Waals surface area contributed by atoms with E-state index in [1.165, 1.54) is 28.2 Å². The molecule has 0 bridgehead atoms. The Hall–Kier alpha value is -1.77. The van der Waals surface area contributed by atoms with Gasteiger partial charge in [-0.05, 0) is 19.4 Å². The van der Waals surface area contributed by atoms with Gasteiger partial charge in [-0.2, -0.15) is 0 Å². The van der Waals surface area contributed by atoms with Gasteiger partial charge in [-0.3, -0.25) is 10.1 Å². The molecule has 2 heterocycles. The molecule has 0 unspecified atom stereocenters. The fraction of sp³-hybridized carbons (Fsp3) is 0.200. The molecule has 8 heteroatoms. The second-order valence-electron chi connectivity index (χ2n) is 4.75. The van der Waals surface area contributed by atoms with Crippen LogP contribution < -0.4 is 5.32 Å². The lowest BCUT2D eigenvalue weighted by molar-refractivity contribution is 0.102. The molecule has 0 aliphatic rings. The Bertz CT molecular complexity index is 813. The third-order valence-corrected chi connectivity index (χ3v) is 6.06. The Morgan fingerprint density at radius 3 is 2.65 bits per heavy atom. The maximum Gasteiger partial charge on any atom is 0.269 e. The lowest BCUT2D eigenvalue weighted by Gasteiger charge is -1.98. The quantitative estimate of drug-likeness (QED) is 0.545. The number of nitrogens with zero attached hydrogens (tertiary/aromatic N) is 3. The summed E-state index contributed by atoms with van der Waals surface area (Å²) >= 11 is 4.37. The Labute approximate surface area is 146 Å². The minimum Gasteiger partial charge on any atom is -0.296 e. The maximum atomic E-state index is 12.2. The molecule has 3 rings (SSSR count). The molecular formula is C15H14N4OS3. The van der Waals surface area contributed by atoms with Crippen LogP contribution in [-0.2, 0) is 5.75 Å². The van der Waals surface area contributed by atoms with Crippen LogP contribution in [0.2, 0.25) is 0 Å². The van der Waals surface area contributed by atoms with Gasteiger partial charge in [0.2, 0.25) is 5.13 Å². The largest absolute Gasteiger partial charge is 0.296 e. The van der Waals surface area contributed by atoms with Crippen molar-refractivity contribution in [1.82, 2.24) is 15.2 Å². The van der Waals surface area contributed by atoms with E-state index >= 15 is 0 Å². The third-order valence-electron chi connectivity index (χ3n) is 2.94. The highest BCUT2D eigenvalue weighted by atomic mass is 32.2. The van der Waals surface area contributed by atoms with Crippen molar-refractivity contribution in [2.75, 3.05) is 5.32 Å². The SMILES string of the molecule is Cc1nc(C)c(C(=O)Nc2nnc(SCc3ccccc3)s2)s1. The number of benzene rings is 1. The zero-order chi connectivity index (χ0) is 16.2. The van der Waals surface area contributed by atoms with E-state index in [0.29, 0.717) is 10.0 Å². The predicted molar refractivity (Wildman–Crippen MR) is 95.5 cm³/mol. The van der Waals surface area contributed by atoms with Crippen molar-refractivity contribution >= 4 is 45.5 Å². The fourth-order valence-corrected chi connectivity index (χ4v) is 4.45. The first-order valence-corrected chi connectivity index (χ1v) is 9.49. The minimum absolute atomic E-state index is 0.177. The maximum absolute atomic E-state index is 12.2. The molecule has 1 aromatic carbocycles. The first-order valence-electron chi connectivity index (χ1n) is 6.87. The van der Waals surface area contributed by atoms with E-state index in [2.05, 4.69) is 32.6 Å². The molecule has 0 saturated carbocycles. The Kier molecular flexibility index (Phi) is 5.04. The third kappa shape index (κ3) is 4.15. The lowest BCUT2D eigenvalue weighted by atomic mass is 10.2. The summed E-state index contributed by atoms with van der Waals surface area (Å²) in [5.41, 5.74) is 1.97. The average Bonchev–Trinajstić information content (AvgIpc) is 3.12. The lowest BCUT2D eigenvalue weighted by Crippen LogP contribution is -2.11. The minimum atomic E-state index is -0.177. The average molecular weight is 363 g/mol. The van der Waals surface area contributed by atoms with Gasteiger partial charge in [0.05, 0.1) is 10.7 Å². The summed E-state index contributed by atoms with van der Waals surface area (Å²) in [4.78, 5) is 17.1. The number of thiazole rings is 1. The van der Waals surface area contributed by atoms with Crippen LogP contribution in [0.1, 0.15) is 25.9 Å². The summed E-state index contributed by atoms with van der Waals surface area (Å²) in [6.07, 6.45) is 0. The van der Waals surface area contributed by atoms with Gasteiger partial charge in [-0.25, -0.2) is 4.98 Å². The van der Waals surface area contributed by atoms with Crippen LogP contribution >= 0.6 is 34.4 Å². The van der Waals surface area contributed by atoms with E-state index in [9.17, 15) is 4.79 Å². The van der Waals surface area contributed by atoms with Crippen molar-refractivity contribution in [1.29, 1.82) is 0 Å². The van der Waals surface area contributed by atoms with Crippen LogP contribution in [0.15, 0.2) is 34.7 Å². The van der Waals surface area contributed by atoms with Crippen molar-refractivity contribution in [3.8, 4) is 0 Å². The second-order valence-corrected chi connectivity index (χ2v) is 8.15. The van der Waals surface area contributed by atoms with Crippen molar-refractivity contribution in [3.05, 3.63) is 51.5 Å². The van der Waals surface area contributed by atoms with Gasteiger partial charge in [0.1, 0.15) is 4.88 Å². The number of amides is 1. The first-order chi connectivity index (χ1) is 11.1. The highest BCUT2D eigenvalue weighted by Crippen LogP contribution is 2.29. The van der Waals surface area contributed by atoms with Gasteiger partial charge in [0, 0.05) is 5.75 Å². The van der Waals surface area contributed by atoms with E-state index in [1.807, 2.05) is 32.0 Å². The molecule has 0 radical (unpaired) electrons. The highest BCUT2D eigenvalue weighted by Gasteiger charge is 2.16. The number of carbonyl (C=O) groups is 1. The molecule has 3 aromatic rings. The van der Waals surface area contributed by atoms with Crippen molar-refractivity contribution < 1.29 is 4.79 Å². The summed E-state index contributed by atoms with van der Waals surface area (Å²) in [7, 11) is 0. The van der Waals surface area contributed by atoms with Gasteiger partial charge in [0.25, 0.3) is 5.91 Å². The summed E-state index contributed by atoms with van der Waals surface area (Å²) in [6, 6.07) is 10.2. The second kappa shape index (κ2) is 7.20. The molecule has 0 spiro atoms. The summed E-state index contributed by atoms with van der Waals surface area (Å²) < 4.78 is 0.835. The number of hydrogen-bond acceptors (Lipinski definition) is 7. The van der Waals surface area contributed by atoms with Crippen LogP contribution in [0, 0.1) is 13.8 Å². The van der Waals surface area contributed by atoms with Gasteiger partial charge in [-0.15, -0.1) is 21.5 Å². The standard InChI is InChI=1S/C15H14N4OS3/c1-9-12(22-10(2)16-9)13(20)17-14-18-19-15(23-14)21-8-11-6-4-3-5-7-11/h3-7H,8H2,1-2H3,(H,17,18,20). The predicted octanol–water partition coefficient (Wildman–Crippen LogP) is 4.16. The zero-order valence-electron chi connectivity index (χ0n) is 12.6. The number of hydrogen-bond donors (Lipinski definition) is 1. The Morgan fingerprint density at radius 2 is 1.96 bits per heavy atom. The van der Waals surface area contributed by atoms with Gasteiger partial charge in [-0.1, -0.05) is 53.4 Å². The smallest absolute Gasteiger partial charge is 0.269 e. The molecule has 0 fully saturated rings. The first kappa shape index (κ1) is 16.1. The van der Waals surface area contributed by atoms with Crippen LogP contribution in [0.3, 0.4) is 0 Å². The van der Waals surface area contributed by atoms with E-state index in [-0.39, 0.29) is 5.91 Å². The van der Waals surface area contributed by atoms with E-state index in [4.69, 9.17) is 0 Å². The Balaban J connectivity index is 1.61. The number of thioether (sulfide) groups is 1. The monoisotopic (exact) mass is 362 g/mol. The Morgan fingerprint density at radius 1 is 1.17 bits per heavy atom. The van der Waals surface area contributed by atoms with E-state index in [0.717, 1.165) is 20.8 Å². The number of rotatable bonds is 5. The molecule has 0 aliphatic carbocycles. The van der Waals surface area contributed by atoms with E-state index in [1.54, 1.807) is 11.8 Å². The van der Waals surface area contributed by atoms with Crippen LogP contribution in [0.4, 0.5) is 5.13 Å².